The predicted molar refractivity (Wildman–Crippen MR) is 140 cm³/mol. The van der Waals surface area contributed by atoms with Crippen LogP contribution in [0.1, 0.15) is 46.2 Å². The van der Waals surface area contributed by atoms with E-state index >= 15 is 0 Å². The zero-order chi connectivity index (χ0) is 26.5. The second-order valence-corrected chi connectivity index (χ2v) is 10.6. The van der Waals surface area contributed by atoms with E-state index in [0.29, 0.717) is 38.3 Å². The van der Waals surface area contributed by atoms with Crippen LogP contribution in [0.4, 0.5) is 18.9 Å². The largest absolute Gasteiger partial charge is 0.418 e. The molecule has 3 aromatic rings. The van der Waals surface area contributed by atoms with Gasteiger partial charge in [-0.25, -0.2) is 0 Å². The summed E-state index contributed by atoms with van der Waals surface area (Å²) in [6, 6.07) is 16.1. The standard InChI is InChI=1S/C27H18Cl2F3N3OS/c1-37-22-12-20(14-4-2-6-16(28)10-14)26(19-9-8-17(29)11-21(19)34-25(26)36)24(35-22)18-7-3-5-15(13-33)23(18)27(30,31)32/h2-11,20,24H,12H2,1H3,(H,34,36)/t20-,24+,26-/m0/s1. The van der Waals surface area contributed by atoms with Crippen LogP contribution in [0, 0.1) is 11.3 Å². The van der Waals surface area contributed by atoms with E-state index in [0.717, 1.165) is 6.07 Å². The highest BCUT2D eigenvalue weighted by atomic mass is 35.5. The molecular weight excluding hydrogens is 542 g/mol. The van der Waals surface area contributed by atoms with Crippen LogP contribution in [-0.2, 0) is 16.4 Å². The summed E-state index contributed by atoms with van der Waals surface area (Å²) in [5.41, 5.74) is -1.80. The Balaban J connectivity index is 1.90. The fraction of sp³-hybridized carbons (Fsp3) is 0.222. The molecule has 37 heavy (non-hydrogen) atoms. The molecule has 2 aliphatic rings. The van der Waals surface area contributed by atoms with Gasteiger partial charge in [0.2, 0.25) is 5.91 Å². The van der Waals surface area contributed by atoms with Crippen LogP contribution in [0.3, 0.4) is 0 Å². The molecule has 1 amide bonds. The van der Waals surface area contributed by atoms with Gasteiger partial charge in [0.05, 0.1) is 28.3 Å². The number of anilines is 1. The Bertz CT molecular complexity index is 1500. The first-order valence-corrected chi connectivity index (χ1v) is 13.2. The third kappa shape index (κ3) is 4.10. The van der Waals surface area contributed by atoms with Crippen LogP contribution in [0.15, 0.2) is 65.7 Å². The van der Waals surface area contributed by atoms with Crippen LogP contribution in [0.25, 0.3) is 0 Å². The van der Waals surface area contributed by atoms with Crippen molar-refractivity contribution in [2.24, 2.45) is 4.99 Å². The molecule has 0 fully saturated rings. The Kier molecular flexibility index (Phi) is 6.51. The molecule has 10 heteroatoms. The summed E-state index contributed by atoms with van der Waals surface area (Å²) in [7, 11) is 0. The summed E-state index contributed by atoms with van der Waals surface area (Å²) in [5, 5.41) is 13.8. The van der Waals surface area contributed by atoms with E-state index in [1.54, 1.807) is 48.7 Å². The van der Waals surface area contributed by atoms with Gasteiger partial charge in [-0.05, 0) is 53.3 Å². The van der Waals surface area contributed by atoms with Gasteiger partial charge in [0.1, 0.15) is 5.41 Å². The number of hydrogen-bond acceptors (Lipinski definition) is 4. The Hall–Kier alpha value is -2.99. The van der Waals surface area contributed by atoms with E-state index < -0.39 is 40.6 Å². The number of carbonyl (C=O) groups excluding carboxylic acids is 1. The number of aliphatic imine (C=N–C) groups is 1. The van der Waals surface area contributed by atoms with Gasteiger partial charge in [0.15, 0.2) is 0 Å². The number of benzene rings is 3. The van der Waals surface area contributed by atoms with Crippen molar-refractivity contribution in [3.05, 3.63) is 98.5 Å². The van der Waals surface area contributed by atoms with Crippen molar-refractivity contribution in [2.75, 3.05) is 11.6 Å². The number of thioether (sulfide) groups is 1. The lowest BCUT2D eigenvalue weighted by Gasteiger charge is -2.45. The minimum Gasteiger partial charge on any atom is -0.325 e. The molecule has 0 bridgehead atoms. The molecule has 0 aromatic heterocycles. The molecule has 0 radical (unpaired) electrons. The van der Waals surface area contributed by atoms with Gasteiger partial charge in [-0.3, -0.25) is 9.79 Å². The number of halogens is 5. The van der Waals surface area contributed by atoms with Crippen molar-refractivity contribution in [3.63, 3.8) is 0 Å². The Morgan fingerprint density at radius 2 is 1.84 bits per heavy atom. The average molecular weight is 560 g/mol. The number of nitrogens with one attached hydrogen (secondary N) is 1. The molecular formula is C27H18Cl2F3N3OS. The molecule has 3 aromatic carbocycles. The van der Waals surface area contributed by atoms with Gasteiger partial charge in [0, 0.05) is 28.1 Å². The third-order valence-electron chi connectivity index (χ3n) is 6.97. The van der Waals surface area contributed by atoms with Crippen molar-refractivity contribution >= 4 is 51.6 Å². The number of alkyl halides is 3. The lowest BCUT2D eigenvalue weighted by atomic mass is 9.59. The molecule has 4 nitrogen and oxygen atoms in total. The van der Waals surface area contributed by atoms with Gasteiger partial charge in [-0.2, -0.15) is 18.4 Å². The molecule has 5 rings (SSSR count). The van der Waals surface area contributed by atoms with Crippen molar-refractivity contribution in [2.45, 2.75) is 30.0 Å². The molecule has 1 spiro atoms. The van der Waals surface area contributed by atoms with Crippen LogP contribution in [-0.4, -0.2) is 17.2 Å². The zero-order valence-electron chi connectivity index (χ0n) is 19.2. The Morgan fingerprint density at radius 3 is 2.51 bits per heavy atom. The van der Waals surface area contributed by atoms with Gasteiger partial charge < -0.3 is 5.32 Å². The molecule has 0 aliphatic carbocycles. The number of nitrogens with zero attached hydrogens (tertiary/aromatic N) is 2. The topological polar surface area (TPSA) is 65.2 Å². The molecule has 0 unspecified atom stereocenters. The normalized spacial score (nSPS) is 22.8. The van der Waals surface area contributed by atoms with Crippen molar-refractivity contribution in [1.29, 1.82) is 5.26 Å². The summed E-state index contributed by atoms with van der Waals surface area (Å²) >= 11 is 13.9. The number of amides is 1. The van der Waals surface area contributed by atoms with Crippen LogP contribution < -0.4 is 5.32 Å². The monoisotopic (exact) mass is 559 g/mol. The summed E-state index contributed by atoms with van der Waals surface area (Å²) in [5.74, 6) is -1.09. The van der Waals surface area contributed by atoms with Gasteiger partial charge >= 0.3 is 6.18 Å². The fourth-order valence-corrected chi connectivity index (χ4v) is 6.45. The Morgan fingerprint density at radius 1 is 1.11 bits per heavy atom. The molecule has 188 valence electrons. The molecule has 2 aliphatic heterocycles. The summed E-state index contributed by atoms with van der Waals surface area (Å²) in [6.07, 6.45) is -2.74. The minimum atomic E-state index is -4.85. The number of hydrogen-bond donors (Lipinski definition) is 1. The lowest BCUT2D eigenvalue weighted by molar-refractivity contribution is -0.139. The number of nitriles is 1. The number of carbonyl (C=O) groups is 1. The van der Waals surface area contributed by atoms with Crippen LogP contribution in [0.2, 0.25) is 10.0 Å². The van der Waals surface area contributed by atoms with E-state index in [1.165, 1.54) is 23.9 Å². The SMILES string of the molecule is CSC1=N[C@H](c2cccc(C#N)c2C(F)(F)F)[C@@]2(C(=O)Nc3cc(Cl)ccc32)[C@H](c2cccc(Cl)c2)C1. The van der Waals surface area contributed by atoms with Gasteiger partial charge in [-0.1, -0.05) is 53.5 Å². The molecule has 0 saturated carbocycles. The van der Waals surface area contributed by atoms with E-state index in [-0.39, 0.29) is 5.56 Å². The maximum atomic E-state index is 14.5. The smallest absolute Gasteiger partial charge is 0.325 e. The minimum absolute atomic E-state index is 0.234. The van der Waals surface area contributed by atoms with Crippen LogP contribution >= 0.6 is 35.0 Å². The number of fused-ring (bicyclic) bond motifs is 2. The molecule has 0 saturated heterocycles. The van der Waals surface area contributed by atoms with E-state index in [1.807, 2.05) is 6.07 Å². The second-order valence-electron chi connectivity index (χ2n) is 8.83. The van der Waals surface area contributed by atoms with E-state index in [4.69, 9.17) is 28.2 Å². The fourth-order valence-electron chi connectivity index (χ4n) is 5.53. The number of rotatable bonds is 2. The summed E-state index contributed by atoms with van der Waals surface area (Å²) in [4.78, 5) is 18.8. The highest BCUT2D eigenvalue weighted by Crippen LogP contribution is 2.60. The van der Waals surface area contributed by atoms with Crippen molar-refractivity contribution in [1.82, 2.24) is 0 Å². The van der Waals surface area contributed by atoms with Crippen molar-refractivity contribution < 1.29 is 18.0 Å². The van der Waals surface area contributed by atoms with Crippen LogP contribution in [0.5, 0.6) is 0 Å². The van der Waals surface area contributed by atoms with Gasteiger partial charge in [0.25, 0.3) is 0 Å². The first kappa shape index (κ1) is 25.7. The highest BCUT2D eigenvalue weighted by molar-refractivity contribution is 8.13. The maximum absolute atomic E-state index is 14.5. The Labute approximate surface area is 225 Å². The highest BCUT2D eigenvalue weighted by Gasteiger charge is 2.61. The maximum Gasteiger partial charge on any atom is 0.418 e. The third-order valence-corrected chi connectivity index (χ3v) is 8.18. The average Bonchev–Trinajstić information content (AvgIpc) is 3.14. The summed E-state index contributed by atoms with van der Waals surface area (Å²) < 4.78 is 43.5. The van der Waals surface area contributed by atoms with Crippen molar-refractivity contribution in [3.8, 4) is 6.07 Å². The second kappa shape index (κ2) is 9.39. The molecule has 1 N–H and O–H groups in total. The van der Waals surface area contributed by atoms with E-state index in [2.05, 4.69) is 5.32 Å². The predicted octanol–water partition coefficient (Wildman–Crippen LogP) is 7.76. The molecule has 2 heterocycles. The first-order chi connectivity index (χ1) is 17.6. The molecule has 3 atom stereocenters. The van der Waals surface area contributed by atoms with Gasteiger partial charge in [-0.15, -0.1) is 11.8 Å². The summed E-state index contributed by atoms with van der Waals surface area (Å²) in [6.45, 7) is 0. The van der Waals surface area contributed by atoms with E-state index in [9.17, 15) is 23.2 Å². The lowest BCUT2D eigenvalue weighted by Crippen LogP contribution is -2.48. The zero-order valence-corrected chi connectivity index (χ0v) is 21.6. The first-order valence-electron chi connectivity index (χ1n) is 11.2. The quantitative estimate of drug-likeness (QED) is 0.348.